The summed E-state index contributed by atoms with van der Waals surface area (Å²) in [5.41, 5.74) is 4.91. The zero-order valence-electron chi connectivity index (χ0n) is 7.46. The summed E-state index contributed by atoms with van der Waals surface area (Å²) in [4.78, 5) is 4.48. The number of hydrogen-bond acceptors (Lipinski definition) is 1. The molecule has 0 saturated heterocycles. The van der Waals surface area contributed by atoms with Gasteiger partial charge >= 0.3 is 0 Å². The lowest BCUT2D eigenvalue weighted by Gasteiger charge is -2.02. The maximum absolute atomic E-state index is 4.48. The molecule has 1 radical (unpaired) electrons. The topological polar surface area (TPSA) is 12.4 Å². The Morgan fingerprint density at radius 3 is 3.00 bits per heavy atom. The second-order valence-electron chi connectivity index (χ2n) is 3.11. The van der Waals surface area contributed by atoms with Crippen LogP contribution in [0.25, 0.3) is 0 Å². The maximum atomic E-state index is 4.48. The van der Waals surface area contributed by atoms with Crippen LogP contribution >= 0.6 is 0 Å². The summed E-state index contributed by atoms with van der Waals surface area (Å²) in [6.07, 6.45) is 1.06. The Hall–Kier alpha value is -1.05. The van der Waals surface area contributed by atoms with E-state index in [4.69, 9.17) is 0 Å². The molecule has 12 heavy (non-hydrogen) atoms. The number of benzene rings is 1. The molecule has 0 spiro atoms. The molecule has 59 valence electrons. The largest absolute Gasteiger partial charge is 0.269 e. The summed E-state index contributed by atoms with van der Waals surface area (Å²) in [7, 11) is 2.13. The third-order valence-electron chi connectivity index (χ3n) is 2.18. The molecule has 0 N–H and O–H groups in total. The zero-order valence-corrected chi connectivity index (χ0v) is 7.46. The molecular weight excluding hydrogens is 145 g/mol. The van der Waals surface area contributed by atoms with Crippen molar-refractivity contribution in [1.82, 2.24) is 0 Å². The van der Waals surface area contributed by atoms with Gasteiger partial charge in [0.05, 0.1) is 5.69 Å². The van der Waals surface area contributed by atoms with Gasteiger partial charge in [-0.2, -0.15) is 0 Å². The number of hydrogen-bond donors (Lipinski definition) is 0. The third-order valence-corrected chi connectivity index (χ3v) is 2.18. The molecule has 0 atom stereocenters. The first-order valence-corrected chi connectivity index (χ1v) is 4.33. The molecule has 1 heterocycles. The van der Waals surface area contributed by atoms with Gasteiger partial charge in [0.2, 0.25) is 7.28 Å². The highest BCUT2D eigenvalue weighted by Gasteiger charge is 2.14. The van der Waals surface area contributed by atoms with Gasteiger partial charge in [0, 0.05) is 0 Å². The van der Waals surface area contributed by atoms with Crippen LogP contribution in [0.4, 0.5) is 5.69 Å². The lowest BCUT2D eigenvalue weighted by Crippen LogP contribution is -2.15. The second kappa shape index (κ2) is 2.78. The van der Waals surface area contributed by atoms with Crippen LogP contribution in [0.2, 0.25) is 0 Å². The van der Waals surface area contributed by atoms with Crippen LogP contribution in [0.1, 0.15) is 19.4 Å². The fourth-order valence-corrected chi connectivity index (χ4v) is 1.58. The quantitative estimate of drug-likeness (QED) is 0.548. The number of aliphatic imine (C=N–C) groups is 1. The Kier molecular flexibility index (Phi) is 1.76. The predicted octanol–water partition coefficient (Wildman–Crippen LogP) is 1.64. The van der Waals surface area contributed by atoms with E-state index in [2.05, 4.69) is 37.4 Å². The molecular formula is C10H11BN. The molecule has 1 aliphatic rings. The van der Waals surface area contributed by atoms with Gasteiger partial charge in [-0.25, -0.2) is 0 Å². The van der Waals surface area contributed by atoms with E-state index < -0.39 is 0 Å². The summed E-state index contributed by atoms with van der Waals surface area (Å²) >= 11 is 0. The van der Waals surface area contributed by atoms with E-state index >= 15 is 0 Å². The van der Waals surface area contributed by atoms with Gasteiger partial charge in [-0.3, -0.25) is 4.99 Å². The van der Waals surface area contributed by atoms with E-state index in [-0.39, 0.29) is 0 Å². The number of para-hydroxylation sites is 1. The van der Waals surface area contributed by atoms with Crippen molar-refractivity contribution >= 4 is 24.0 Å². The van der Waals surface area contributed by atoms with Gasteiger partial charge in [0.25, 0.3) is 0 Å². The molecule has 0 unspecified atom stereocenters. The van der Waals surface area contributed by atoms with Gasteiger partial charge in [-0.1, -0.05) is 30.6 Å². The minimum atomic E-state index is 1.06. The molecule has 0 amide bonds. The molecule has 1 nitrogen and oxygen atoms in total. The summed E-state index contributed by atoms with van der Waals surface area (Å²) in [5.74, 6) is 0. The average molecular weight is 156 g/mol. The molecule has 0 saturated carbocycles. The molecule has 0 aromatic heterocycles. The first kappa shape index (κ1) is 7.60. The van der Waals surface area contributed by atoms with Crippen LogP contribution in [0.3, 0.4) is 0 Å². The molecule has 1 aromatic rings. The summed E-state index contributed by atoms with van der Waals surface area (Å²) in [6.45, 7) is 4.21. The van der Waals surface area contributed by atoms with Crippen molar-refractivity contribution in [2.75, 3.05) is 0 Å². The number of aryl methyl sites for hydroxylation is 1. The molecule has 0 aliphatic carbocycles. The van der Waals surface area contributed by atoms with Crippen LogP contribution < -0.4 is 5.46 Å². The highest BCUT2D eigenvalue weighted by molar-refractivity contribution is 6.87. The second-order valence-corrected chi connectivity index (χ2v) is 3.11. The SMILES string of the molecule is CCc1cccc2c1N=C(C)[B]2. The molecule has 2 heteroatoms. The van der Waals surface area contributed by atoms with Crippen molar-refractivity contribution in [2.24, 2.45) is 4.99 Å². The minimum absolute atomic E-state index is 1.06. The van der Waals surface area contributed by atoms with Crippen LogP contribution in [0, 0.1) is 0 Å². The van der Waals surface area contributed by atoms with Gasteiger partial charge in [0.15, 0.2) is 0 Å². The van der Waals surface area contributed by atoms with Crippen molar-refractivity contribution in [2.45, 2.75) is 20.3 Å². The zero-order chi connectivity index (χ0) is 8.55. The monoisotopic (exact) mass is 156 g/mol. The van der Waals surface area contributed by atoms with Gasteiger partial charge in [0.1, 0.15) is 0 Å². The van der Waals surface area contributed by atoms with E-state index in [0.717, 1.165) is 12.0 Å². The molecule has 2 rings (SSSR count). The fraction of sp³-hybridized carbons (Fsp3) is 0.300. The maximum Gasteiger partial charge on any atom is 0.213 e. The number of nitrogens with zero attached hydrogens (tertiary/aromatic N) is 1. The first-order chi connectivity index (χ1) is 5.81. The normalized spacial score (nSPS) is 13.7. The van der Waals surface area contributed by atoms with Gasteiger partial charge < -0.3 is 0 Å². The third kappa shape index (κ3) is 1.08. The number of rotatable bonds is 1. The Morgan fingerprint density at radius 1 is 1.42 bits per heavy atom. The Bertz CT molecular complexity index is 342. The Balaban J connectivity index is 2.55. The van der Waals surface area contributed by atoms with E-state index in [1.807, 2.05) is 6.92 Å². The lowest BCUT2D eigenvalue weighted by atomic mass is 9.67. The summed E-state index contributed by atoms with van der Waals surface area (Å²) < 4.78 is 0. The molecule has 0 fully saturated rings. The summed E-state index contributed by atoms with van der Waals surface area (Å²) in [5, 5.41) is 0. The van der Waals surface area contributed by atoms with E-state index in [1.54, 1.807) is 0 Å². The predicted molar refractivity (Wildman–Crippen MR) is 54.0 cm³/mol. The van der Waals surface area contributed by atoms with Crippen LogP contribution in [-0.4, -0.2) is 12.9 Å². The standard InChI is InChI=1S/C10H11BN/c1-3-8-5-4-6-9-10(8)12-7(2)11-9/h4-6H,3H2,1-2H3. The Morgan fingerprint density at radius 2 is 2.25 bits per heavy atom. The fourth-order valence-electron chi connectivity index (χ4n) is 1.58. The van der Waals surface area contributed by atoms with Gasteiger partial charge in [-0.15, -0.1) is 0 Å². The van der Waals surface area contributed by atoms with E-state index in [9.17, 15) is 0 Å². The highest BCUT2D eigenvalue weighted by Crippen LogP contribution is 2.20. The minimum Gasteiger partial charge on any atom is -0.269 e. The molecule has 1 aliphatic heterocycles. The van der Waals surface area contributed by atoms with Crippen LogP contribution in [-0.2, 0) is 6.42 Å². The van der Waals surface area contributed by atoms with Crippen molar-refractivity contribution in [1.29, 1.82) is 0 Å². The number of fused-ring (bicyclic) bond motifs is 1. The smallest absolute Gasteiger partial charge is 0.213 e. The van der Waals surface area contributed by atoms with Crippen molar-refractivity contribution in [3.05, 3.63) is 23.8 Å². The van der Waals surface area contributed by atoms with E-state index in [0.29, 0.717) is 0 Å². The van der Waals surface area contributed by atoms with E-state index in [1.165, 1.54) is 16.7 Å². The molecule has 0 bridgehead atoms. The Labute approximate surface area is 73.8 Å². The summed E-state index contributed by atoms with van der Waals surface area (Å²) in [6, 6.07) is 6.37. The van der Waals surface area contributed by atoms with Crippen molar-refractivity contribution < 1.29 is 0 Å². The van der Waals surface area contributed by atoms with Crippen molar-refractivity contribution in [3.63, 3.8) is 0 Å². The van der Waals surface area contributed by atoms with Crippen LogP contribution in [0.5, 0.6) is 0 Å². The lowest BCUT2D eigenvalue weighted by molar-refractivity contribution is 1.14. The van der Waals surface area contributed by atoms with Crippen molar-refractivity contribution in [3.8, 4) is 0 Å². The highest BCUT2D eigenvalue weighted by atomic mass is 14.8. The molecule has 1 aromatic carbocycles. The van der Waals surface area contributed by atoms with Gasteiger partial charge in [-0.05, 0) is 24.5 Å². The average Bonchev–Trinajstić information content (AvgIpc) is 2.44. The van der Waals surface area contributed by atoms with Crippen LogP contribution in [0.15, 0.2) is 23.2 Å². The first-order valence-electron chi connectivity index (χ1n) is 4.33.